The van der Waals surface area contributed by atoms with Gasteiger partial charge in [-0.15, -0.1) is 0 Å². The van der Waals surface area contributed by atoms with Crippen LogP contribution < -0.4 is 5.44 Å². The molecule has 7 nitrogen and oxygen atoms in total. The van der Waals surface area contributed by atoms with Crippen LogP contribution in [-0.2, 0) is 20.6 Å². The topological polar surface area (TPSA) is 93.8 Å². The molecule has 0 aliphatic rings. The first-order valence-corrected chi connectivity index (χ1v) is 7.79. The lowest BCUT2D eigenvalue weighted by Gasteiger charge is -2.04. The lowest BCUT2D eigenvalue weighted by atomic mass is 10.4. The quantitative estimate of drug-likeness (QED) is 0.545. The fourth-order valence-corrected chi connectivity index (χ4v) is 2.63. The van der Waals surface area contributed by atoms with Crippen molar-refractivity contribution >= 4 is 36.2 Å². The molecule has 1 heterocycles. The Hall–Kier alpha value is -0.140. The summed E-state index contributed by atoms with van der Waals surface area (Å²) in [6.45, 7) is 1.81. The van der Waals surface area contributed by atoms with Crippen LogP contribution in [0, 0.1) is 0 Å². The Morgan fingerprint density at radius 3 is 2.53 bits per heavy atom. The second-order valence-corrected chi connectivity index (χ2v) is 5.90. The Morgan fingerprint density at radius 1 is 1.32 bits per heavy atom. The Labute approximate surface area is 120 Å². The lowest BCUT2D eigenvalue weighted by Crippen LogP contribution is -2.11. The van der Waals surface area contributed by atoms with Crippen LogP contribution in [0.2, 0.25) is 10.2 Å². The minimum Gasteiger partial charge on any atom is -0.382 e. The van der Waals surface area contributed by atoms with Gasteiger partial charge >= 0.3 is 7.60 Å². The second-order valence-electron chi connectivity index (χ2n) is 3.65. The number of hydrogen-bond donors (Lipinski definition) is 2. The molecule has 0 aromatic carbocycles. The highest BCUT2D eigenvalue weighted by molar-refractivity contribution is 7.60. The van der Waals surface area contributed by atoms with E-state index in [0.29, 0.717) is 32.8 Å². The van der Waals surface area contributed by atoms with E-state index in [2.05, 4.69) is 5.10 Å². The van der Waals surface area contributed by atoms with E-state index in [9.17, 15) is 4.57 Å². The zero-order chi connectivity index (χ0) is 14.5. The average Bonchev–Trinajstić information content (AvgIpc) is 2.61. The third kappa shape index (κ3) is 5.04. The van der Waals surface area contributed by atoms with Gasteiger partial charge in [0.25, 0.3) is 0 Å². The van der Waals surface area contributed by atoms with Crippen molar-refractivity contribution < 1.29 is 23.8 Å². The molecule has 0 aliphatic carbocycles. The summed E-state index contributed by atoms with van der Waals surface area (Å²) in [5.74, 6) is 0. The summed E-state index contributed by atoms with van der Waals surface area (Å²) < 4.78 is 22.4. The minimum absolute atomic E-state index is 0.0110. The molecule has 110 valence electrons. The predicted molar refractivity (Wildman–Crippen MR) is 71.2 cm³/mol. The maximum atomic E-state index is 11.1. The van der Waals surface area contributed by atoms with Crippen molar-refractivity contribution in [3.63, 3.8) is 0 Å². The number of rotatable bonds is 8. The van der Waals surface area contributed by atoms with Crippen LogP contribution in [0.4, 0.5) is 0 Å². The van der Waals surface area contributed by atoms with Crippen LogP contribution in [0.15, 0.2) is 0 Å². The number of aromatic nitrogens is 2. The summed E-state index contributed by atoms with van der Waals surface area (Å²) in [5.41, 5.74) is -0.500. The van der Waals surface area contributed by atoms with E-state index in [0.717, 1.165) is 0 Å². The van der Waals surface area contributed by atoms with Crippen molar-refractivity contribution in [1.29, 1.82) is 0 Å². The van der Waals surface area contributed by atoms with Crippen molar-refractivity contribution in [2.75, 3.05) is 26.9 Å². The summed E-state index contributed by atoms with van der Waals surface area (Å²) in [4.78, 5) is 18.1. The first-order valence-electron chi connectivity index (χ1n) is 5.42. The van der Waals surface area contributed by atoms with Gasteiger partial charge in [0.2, 0.25) is 0 Å². The molecule has 0 atom stereocenters. The van der Waals surface area contributed by atoms with Crippen molar-refractivity contribution in [1.82, 2.24) is 9.78 Å². The number of aryl methyl sites for hydroxylation is 1. The smallest absolute Gasteiger partial charge is 0.377 e. The van der Waals surface area contributed by atoms with E-state index in [1.807, 2.05) is 0 Å². The van der Waals surface area contributed by atoms with Crippen molar-refractivity contribution in [2.45, 2.75) is 13.0 Å². The van der Waals surface area contributed by atoms with Crippen molar-refractivity contribution in [3.05, 3.63) is 10.2 Å². The zero-order valence-electron chi connectivity index (χ0n) is 10.3. The van der Waals surface area contributed by atoms with Gasteiger partial charge in [-0.3, -0.25) is 9.25 Å². The van der Waals surface area contributed by atoms with Crippen LogP contribution >= 0.6 is 30.8 Å². The molecule has 10 heteroatoms. The van der Waals surface area contributed by atoms with Gasteiger partial charge in [-0.1, -0.05) is 23.2 Å². The molecule has 2 N–H and O–H groups in total. The van der Waals surface area contributed by atoms with E-state index in [-0.39, 0.29) is 10.2 Å². The molecule has 0 radical (unpaired) electrons. The van der Waals surface area contributed by atoms with E-state index < -0.39 is 13.0 Å². The van der Waals surface area contributed by atoms with Gasteiger partial charge in [0, 0.05) is 20.3 Å². The molecule has 1 aromatic heterocycles. The van der Waals surface area contributed by atoms with Gasteiger partial charge in [-0.2, -0.15) is 5.10 Å². The van der Waals surface area contributed by atoms with Crippen LogP contribution in [0.25, 0.3) is 0 Å². The molecular weight excluding hydrogens is 318 g/mol. The zero-order valence-corrected chi connectivity index (χ0v) is 12.7. The third-order valence-corrected chi connectivity index (χ3v) is 4.02. The molecule has 0 unspecified atom stereocenters. The highest BCUT2D eigenvalue weighted by Gasteiger charge is 2.28. The lowest BCUT2D eigenvalue weighted by molar-refractivity contribution is 0.0677. The molecule has 0 amide bonds. The van der Waals surface area contributed by atoms with Crippen molar-refractivity contribution in [2.24, 2.45) is 0 Å². The Bertz CT molecular complexity index is 462. The van der Waals surface area contributed by atoms with Gasteiger partial charge in [0.1, 0.15) is 10.2 Å². The van der Waals surface area contributed by atoms with E-state index in [1.165, 1.54) is 4.68 Å². The van der Waals surface area contributed by atoms with Crippen LogP contribution in [0.3, 0.4) is 0 Å². The predicted octanol–water partition coefficient (Wildman–Crippen LogP) is 1.05. The average molecular weight is 333 g/mol. The molecule has 0 saturated heterocycles. The normalized spacial score (nSPS) is 12.1. The molecule has 19 heavy (non-hydrogen) atoms. The fourth-order valence-electron chi connectivity index (χ4n) is 1.30. The minimum atomic E-state index is -4.51. The summed E-state index contributed by atoms with van der Waals surface area (Å²) in [6.07, 6.45) is 0.585. The van der Waals surface area contributed by atoms with Gasteiger partial charge in [-0.25, -0.2) is 0 Å². The van der Waals surface area contributed by atoms with E-state index in [4.69, 9.17) is 42.5 Å². The monoisotopic (exact) mass is 332 g/mol. The Morgan fingerprint density at radius 2 is 2.00 bits per heavy atom. The van der Waals surface area contributed by atoms with Crippen LogP contribution in [-0.4, -0.2) is 46.5 Å². The highest BCUT2D eigenvalue weighted by Crippen LogP contribution is 2.38. The largest absolute Gasteiger partial charge is 0.382 e. The summed E-state index contributed by atoms with van der Waals surface area (Å²) >= 11 is 11.6. The van der Waals surface area contributed by atoms with E-state index in [1.54, 1.807) is 7.11 Å². The van der Waals surface area contributed by atoms with Gasteiger partial charge in [0.15, 0.2) is 5.44 Å². The summed E-state index contributed by atoms with van der Waals surface area (Å²) in [7, 11) is -2.93. The SMILES string of the molecule is COCCOCCCn1nc(P(=O)(O)O)c(Cl)c1Cl. The fraction of sp³-hybridized carbons (Fsp3) is 0.667. The summed E-state index contributed by atoms with van der Waals surface area (Å²) in [6, 6.07) is 0. The standard InChI is InChI=1S/C9H15Cl2N2O5P/c1-17-5-6-18-4-2-3-13-8(11)7(10)9(12-13)19(14,15)16/h2-6H2,1H3,(H2,14,15,16). The third-order valence-electron chi connectivity index (χ3n) is 2.19. The van der Waals surface area contributed by atoms with Gasteiger partial charge in [-0.05, 0) is 6.42 Å². The number of halogens is 2. The molecule has 0 bridgehead atoms. The maximum absolute atomic E-state index is 11.1. The molecule has 0 aliphatic heterocycles. The number of hydrogen-bond acceptors (Lipinski definition) is 4. The van der Waals surface area contributed by atoms with Gasteiger partial charge < -0.3 is 19.3 Å². The molecule has 0 spiro atoms. The first-order chi connectivity index (χ1) is 8.88. The molecule has 0 fully saturated rings. The Balaban J connectivity index is 2.53. The van der Waals surface area contributed by atoms with E-state index >= 15 is 0 Å². The van der Waals surface area contributed by atoms with Crippen LogP contribution in [0.1, 0.15) is 6.42 Å². The molecular formula is C9H15Cl2N2O5P. The number of nitrogens with zero attached hydrogens (tertiary/aromatic N) is 2. The molecule has 1 aromatic rings. The Kier molecular flexibility index (Phi) is 6.76. The molecule has 1 rings (SSSR count). The van der Waals surface area contributed by atoms with Crippen LogP contribution in [0.5, 0.6) is 0 Å². The first kappa shape index (κ1) is 16.9. The highest BCUT2D eigenvalue weighted by atomic mass is 35.5. The van der Waals surface area contributed by atoms with Crippen molar-refractivity contribution in [3.8, 4) is 0 Å². The van der Waals surface area contributed by atoms with Gasteiger partial charge in [0.05, 0.1) is 13.2 Å². The second kappa shape index (κ2) is 7.59. The summed E-state index contributed by atoms with van der Waals surface area (Å²) in [5, 5.41) is 3.52. The molecule has 0 saturated carbocycles. The maximum Gasteiger partial charge on any atom is 0.377 e. The number of methoxy groups -OCH3 is 1. The number of ether oxygens (including phenoxy) is 2.